The van der Waals surface area contributed by atoms with E-state index in [4.69, 9.17) is 0 Å². The second-order valence-electron chi connectivity index (χ2n) is 3.90. The van der Waals surface area contributed by atoms with Crippen molar-refractivity contribution in [3.05, 3.63) is 60.3 Å². The van der Waals surface area contributed by atoms with Gasteiger partial charge in [0.05, 0.1) is 5.52 Å². The molecule has 2 rings (SSSR count). The molecule has 0 N–H and O–H groups in total. The van der Waals surface area contributed by atoms with Gasteiger partial charge in [-0.15, -0.1) is 0 Å². The third kappa shape index (κ3) is 1.76. The number of rotatable bonds is 2. The summed E-state index contributed by atoms with van der Waals surface area (Å²) in [6.45, 7) is 7.94. The lowest BCUT2D eigenvalue weighted by Crippen LogP contribution is -1.90. The number of hydrogen-bond acceptors (Lipinski definition) is 1. The molecule has 1 heterocycles. The van der Waals surface area contributed by atoms with E-state index in [1.54, 1.807) is 0 Å². The molecule has 80 valence electrons. The summed E-state index contributed by atoms with van der Waals surface area (Å²) in [5.41, 5.74) is 4.72. The van der Waals surface area contributed by atoms with E-state index in [9.17, 15) is 0 Å². The molecule has 1 aromatic heterocycles. The maximum Gasteiger partial charge on any atom is 0.0705 e. The van der Waals surface area contributed by atoms with Crippen molar-refractivity contribution in [3.63, 3.8) is 0 Å². The molecular formula is C15H15N. The lowest BCUT2D eigenvalue weighted by Gasteiger charge is -2.08. The summed E-state index contributed by atoms with van der Waals surface area (Å²) in [6.07, 6.45) is 5.76. The van der Waals surface area contributed by atoms with Crippen molar-refractivity contribution >= 4 is 16.5 Å². The molecule has 0 saturated heterocycles. The van der Waals surface area contributed by atoms with E-state index in [0.29, 0.717) is 0 Å². The molecule has 0 spiro atoms. The first-order valence-corrected chi connectivity index (χ1v) is 5.38. The van der Waals surface area contributed by atoms with E-state index in [-0.39, 0.29) is 0 Å². The highest BCUT2D eigenvalue weighted by Gasteiger charge is 2.04. The summed E-state index contributed by atoms with van der Waals surface area (Å²) in [7, 11) is 0. The van der Waals surface area contributed by atoms with Gasteiger partial charge in [-0.05, 0) is 36.6 Å². The predicted molar refractivity (Wildman–Crippen MR) is 70.3 cm³/mol. The van der Waals surface area contributed by atoms with Gasteiger partial charge >= 0.3 is 0 Å². The summed E-state index contributed by atoms with van der Waals surface area (Å²) in [5, 5.41) is 1.22. The van der Waals surface area contributed by atoms with Crippen LogP contribution in [0.4, 0.5) is 0 Å². The minimum absolute atomic E-state index is 1.05. The molecular weight excluding hydrogens is 194 g/mol. The lowest BCUT2D eigenvalue weighted by molar-refractivity contribution is 1.33. The van der Waals surface area contributed by atoms with Crippen LogP contribution in [0.2, 0.25) is 0 Å². The summed E-state index contributed by atoms with van der Waals surface area (Å²) >= 11 is 0. The Labute approximate surface area is 96.1 Å². The number of hydrogen-bond donors (Lipinski definition) is 0. The number of aromatic nitrogens is 1. The van der Waals surface area contributed by atoms with E-state index < -0.39 is 0 Å². The number of allylic oxidation sites excluding steroid dienone is 3. The molecule has 0 atom stereocenters. The molecule has 0 aliphatic heterocycles. The van der Waals surface area contributed by atoms with E-state index in [2.05, 4.69) is 31.5 Å². The molecule has 16 heavy (non-hydrogen) atoms. The average molecular weight is 209 g/mol. The molecule has 0 bridgehead atoms. The number of nitrogens with zero attached hydrogens (tertiary/aromatic N) is 1. The van der Waals surface area contributed by atoms with E-state index in [0.717, 1.165) is 5.52 Å². The monoisotopic (exact) mass is 209 g/mol. The van der Waals surface area contributed by atoms with Crippen LogP contribution in [0.15, 0.2) is 49.2 Å². The zero-order chi connectivity index (χ0) is 11.5. The van der Waals surface area contributed by atoms with Gasteiger partial charge in [-0.3, -0.25) is 4.98 Å². The number of fused-ring (bicyclic) bond motifs is 1. The predicted octanol–water partition coefficient (Wildman–Crippen LogP) is 4.13. The van der Waals surface area contributed by atoms with Gasteiger partial charge in [-0.1, -0.05) is 36.9 Å². The topological polar surface area (TPSA) is 12.9 Å². The van der Waals surface area contributed by atoms with Crippen LogP contribution in [0.3, 0.4) is 0 Å². The largest absolute Gasteiger partial charge is 0.256 e. The first-order chi connectivity index (χ1) is 7.74. The maximum atomic E-state index is 4.47. The third-order valence-corrected chi connectivity index (χ3v) is 2.84. The van der Waals surface area contributed by atoms with Crippen LogP contribution in [0.1, 0.15) is 18.1 Å². The van der Waals surface area contributed by atoms with Crippen LogP contribution >= 0.6 is 0 Å². The van der Waals surface area contributed by atoms with Gasteiger partial charge in [0.2, 0.25) is 0 Å². The number of para-hydroxylation sites is 1. The normalized spacial score (nSPS) is 11.8. The van der Waals surface area contributed by atoms with Crippen LogP contribution in [-0.4, -0.2) is 4.98 Å². The molecule has 2 aromatic rings. The van der Waals surface area contributed by atoms with Gasteiger partial charge in [0.1, 0.15) is 0 Å². The first kappa shape index (κ1) is 10.6. The fourth-order valence-electron chi connectivity index (χ4n) is 1.94. The van der Waals surface area contributed by atoms with Gasteiger partial charge in [0, 0.05) is 11.6 Å². The van der Waals surface area contributed by atoms with Crippen molar-refractivity contribution in [1.29, 1.82) is 0 Å². The second-order valence-corrected chi connectivity index (χ2v) is 3.90. The third-order valence-electron chi connectivity index (χ3n) is 2.84. The van der Waals surface area contributed by atoms with E-state index in [1.807, 2.05) is 36.5 Å². The van der Waals surface area contributed by atoms with Crippen molar-refractivity contribution in [1.82, 2.24) is 4.98 Å². The van der Waals surface area contributed by atoms with Crippen molar-refractivity contribution in [3.8, 4) is 0 Å². The van der Waals surface area contributed by atoms with Crippen LogP contribution in [0.5, 0.6) is 0 Å². The van der Waals surface area contributed by atoms with Crippen molar-refractivity contribution in [2.45, 2.75) is 13.8 Å². The van der Waals surface area contributed by atoms with Crippen LogP contribution in [0, 0.1) is 6.92 Å². The Hall–Kier alpha value is -1.89. The molecule has 1 nitrogen and oxygen atoms in total. The van der Waals surface area contributed by atoms with E-state index in [1.165, 1.54) is 22.1 Å². The van der Waals surface area contributed by atoms with Gasteiger partial charge in [0.25, 0.3) is 0 Å². The maximum absolute atomic E-state index is 4.47. The summed E-state index contributed by atoms with van der Waals surface area (Å²) < 4.78 is 0. The molecule has 0 saturated carbocycles. The first-order valence-electron chi connectivity index (χ1n) is 5.38. The smallest absolute Gasteiger partial charge is 0.0705 e. The number of pyridine rings is 1. The Morgan fingerprint density at radius 2 is 2.06 bits per heavy atom. The van der Waals surface area contributed by atoms with E-state index >= 15 is 0 Å². The van der Waals surface area contributed by atoms with Crippen molar-refractivity contribution in [2.75, 3.05) is 0 Å². The highest BCUT2D eigenvalue weighted by Crippen LogP contribution is 2.24. The average Bonchev–Trinajstić information content (AvgIpc) is 2.30. The van der Waals surface area contributed by atoms with Gasteiger partial charge < -0.3 is 0 Å². The lowest BCUT2D eigenvalue weighted by atomic mass is 10.00. The molecule has 0 fully saturated rings. The molecule has 1 aromatic carbocycles. The highest BCUT2D eigenvalue weighted by atomic mass is 14.7. The van der Waals surface area contributed by atoms with Gasteiger partial charge in [-0.2, -0.15) is 0 Å². The fourth-order valence-corrected chi connectivity index (χ4v) is 1.94. The quantitative estimate of drug-likeness (QED) is 0.677. The van der Waals surface area contributed by atoms with Gasteiger partial charge in [0.15, 0.2) is 0 Å². The standard InChI is InChI=1S/C15H15N/c1-4-7-11(2)14-10-16-15-9-6-5-8-13(15)12(14)3/h4-10H,1H2,2-3H3/b11-7+. The number of aryl methyl sites for hydroxylation is 1. The Morgan fingerprint density at radius 1 is 1.31 bits per heavy atom. The number of benzene rings is 1. The van der Waals surface area contributed by atoms with Gasteiger partial charge in [-0.25, -0.2) is 0 Å². The van der Waals surface area contributed by atoms with Crippen LogP contribution < -0.4 is 0 Å². The Morgan fingerprint density at radius 3 is 2.81 bits per heavy atom. The summed E-state index contributed by atoms with van der Waals surface area (Å²) in [6, 6.07) is 8.22. The Balaban J connectivity index is 2.70. The minimum Gasteiger partial charge on any atom is -0.256 e. The summed E-state index contributed by atoms with van der Waals surface area (Å²) in [5.74, 6) is 0. The minimum atomic E-state index is 1.05. The Kier molecular flexibility index (Phi) is 2.86. The second kappa shape index (κ2) is 4.31. The molecule has 0 aliphatic carbocycles. The highest BCUT2D eigenvalue weighted by molar-refractivity contribution is 5.86. The molecule has 1 heteroatoms. The van der Waals surface area contributed by atoms with Crippen LogP contribution in [0.25, 0.3) is 16.5 Å². The van der Waals surface area contributed by atoms with Crippen molar-refractivity contribution in [2.24, 2.45) is 0 Å². The Bertz CT molecular complexity index is 565. The van der Waals surface area contributed by atoms with Crippen molar-refractivity contribution < 1.29 is 0 Å². The molecule has 0 radical (unpaired) electrons. The molecule has 0 aliphatic rings. The fraction of sp³-hybridized carbons (Fsp3) is 0.133. The molecule has 0 amide bonds. The SMILES string of the molecule is C=C/C=C(\C)c1cnc2ccccc2c1C. The zero-order valence-corrected chi connectivity index (χ0v) is 9.70. The molecule has 0 unspecified atom stereocenters. The summed E-state index contributed by atoms with van der Waals surface area (Å²) in [4.78, 5) is 4.47. The zero-order valence-electron chi connectivity index (χ0n) is 9.70. The van der Waals surface area contributed by atoms with Crippen LogP contribution in [-0.2, 0) is 0 Å².